The van der Waals surface area contributed by atoms with Gasteiger partial charge in [-0.05, 0) is 20.3 Å². The minimum Gasteiger partial charge on any atom is -0.489 e. The van der Waals surface area contributed by atoms with Gasteiger partial charge in [0.1, 0.15) is 0 Å². The Hall–Kier alpha value is -2.14. The summed E-state index contributed by atoms with van der Waals surface area (Å²) in [4.78, 5) is 29.5. The first-order chi connectivity index (χ1) is 10.2. The molecule has 0 aliphatic heterocycles. The molecule has 0 fully saturated rings. The van der Waals surface area contributed by atoms with Crippen LogP contribution < -0.4 is 5.48 Å². The maximum absolute atomic E-state index is 12.5. The monoisotopic (exact) mass is 291 g/mol. The van der Waals surface area contributed by atoms with Crippen molar-refractivity contribution in [2.45, 2.75) is 27.2 Å². The first kappa shape index (κ1) is 16.9. The summed E-state index contributed by atoms with van der Waals surface area (Å²) in [5.41, 5.74) is 3.06. The lowest BCUT2D eigenvalue weighted by Gasteiger charge is -2.13. The summed E-state index contributed by atoms with van der Waals surface area (Å²) < 4.78 is 5.43. The molecule has 0 radical (unpaired) electrons. The maximum Gasteiger partial charge on any atom is 0.274 e. The Balaban J connectivity index is 3.14. The van der Waals surface area contributed by atoms with E-state index >= 15 is 0 Å². The predicted molar refractivity (Wildman–Crippen MR) is 79.5 cm³/mol. The van der Waals surface area contributed by atoms with Crippen LogP contribution in [0.2, 0.25) is 0 Å². The number of allylic oxidation sites excluding steroid dienone is 1. The highest BCUT2D eigenvalue weighted by Crippen LogP contribution is 2.17. The molecular weight excluding hydrogens is 270 g/mol. The van der Waals surface area contributed by atoms with Gasteiger partial charge in [-0.1, -0.05) is 37.3 Å². The van der Waals surface area contributed by atoms with Crippen molar-refractivity contribution in [2.24, 2.45) is 0 Å². The lowest BCUT2D eigenvalue weighted by molar-refractivity contribution is -0.129. The van der Waals surface area contributed by atoms with Gasteiger partial charge in [0, 0.05) is 5.56 Å². The van der Waals surface area contributed by atoms with Gasteiger partial charge in [0.25, 0.3) is 5.91 Å². The molecule has 1 rings (SSSR count). The number of hydroxylamine groups is 1. The largest absolute Gasteiger partial charge is 0.489 e. The quantitative estimate of drug-likeness (QED) is 0.346. The number of carbonyl (C=O) groups excluding carboxylic acids is 2. The van der Waals surface area contributed by atoms with Crippen LogP contribution in [0.3, 0.4) is 0 Å². The summed E-state index contributed by atoms with van der Waals surface area (Å²) in [6.45, 7) is 5.97. The van der Waals surface area contributed by atoms with Crippen molar-refractivity contribution in [3.05, 3.63) is 47.2 Å². The van der Waals surface area contributed by atoms with Crippen LogP contribution in [0.4, 0.5) is 0 Å². The zero-order valence-electron chi connectivity index (χ0n) is 12.6. The van der Waals surface area contributed by atoms with Crippen LogP contribution in [0.5, 0.6) is 0 Å². The summed E-state index contributed by atoms with van der Waals surface area (Å²) in [7, 11) is 0. The lowest BCUT2D eigenvalue weighted by Crippen LogP contribution is -2.27. The van der Waals surface area contributed by atoms with Crippen LogP contribution in [-0.4, -0.2) is 24.9 Å². The highest BCUT2D eigenvalue weighted by Gasteiger charge is 2.22. The maximum atomic E-state index is 12.5. The predicted octanol–water partition coefficient (Wildman–Crippen LogP) is 2.64. The first-order valence-electron chi connectivity index (χ1n) is 7.03. The molecule has 0 atom stereocenters. The number of nitrogens with one attached hydrogen (secondary N) is 1. The van der Waals surface area contributed by atoms with Gasteiger partial charge in [0.2, 0.25) is 5.78 Å². The van der Waals surface area contributed by atoms with E-state index in [0.717, 1.165) is 0 Å². The highest BCUT2D eigenvalue weighted by atomic mass is 16.6. The Kier molecular flexibility index (Phi) is 7.18. The van der Waals surface area contributed by atoms with Crippen molar-refractivity contribution in [3.8, 4) is 0 Å². The number of ether oxygens (including phenoxy) is 1. The molecule has 114 valence electrons. The smallest absolute Gasteiger partial charge is 0.274 e. The van der Waals surface area contributed by atoms with Crippen molar-refractivity contribution in [1.29, 1.82) is 0 Å². The molecule has 1 amide bonds. The van der Waals surface area contributed by atoms with Gasteiger partial charge in [0.05, 0.1) is 18.8 Å². The number of ketones is 1. The number of rotatable bonds is 8. The van der Waals surface area contributed by atoms with Gasteiger partial charge in [0.15, 0.2) is 5.76 Å². The van der Waals surface area contributed by atoms with Gasteiger partial charge in [-0.2, -0.15) is 0 Å². The molecule has 21 heavy (non-hydrogen) atoms. The van der Waals surface area contributed by atoms with Crippen LogP contribution in [0.1, 0.15) is 37.6 Å². The molecule has 0 saturated heterocycles. The van der Waals surface area contributed by atoms with E-state index in [-0.39, 0.29) is 17.1 Å². The normalized spacial score (nSPS) is 11.6. The van der Waals surface area contributed by atoms with Crippen LogP contribution in [0.25, 0.3) is 0 Å². The average Bonchev–Trinajstić information content (AvgIpc) is 2.53. The Morgan fingerprint density at radius 3 is 2.24 bits per heavy atom. The number of hydrogen-bond acceptors (Lipinski definition) is 4. The molecule has 0 unspecified atom stereocenters. The fourth-order valence-corrected chi connectivity index (χ4v) is 1.78. The molecule has 5 heteroatoms. The van der Waals surface area contributed by atoms with E-state index in [1.807, 2.05) is 6.07 Å². The van der Waals surface area contributed by atoms with E-state index in [1.165, 1.54) is 0 Å². The Morgan fingerprint density at radius 2 is 1.71 bits per heavy atom. The minimum atomic E-state index is -0.452. The molecule has 0 bridgehead atoms. The Labute approximate surface area is 124 Å². The summed E-state index contributed by atoms with van der Waals surface area (Å²) in [6.07, 6.45) is 0.368. The summed E-state index contributed by atoms with van der Waals surface area (Å²) in [6, 6.07) is 8.74. The summed E-state index contributed by atoms with van der Waals surface area (Å²) in [5, 5.41) is 0. The Bertz CT molecular complexity index is 508. The molecular formula is C16H21NO4. The third-order valence-electron chi connectivity index (χ3n) is 2.74. The minimum absolute atomic E-state index is 0.0726. The molecule has 0 spiro atoms. The van der Waals surface area contributed by atoms with Crippen LogP contribution >= 0.6 is 0 Å². The molecule has 1 aromatic carbocycles. The molecule has 0 heterocycles. The van der Waals surface area contributed by atoms with Gasteiger partial charge in [-0.15, -0.1) is 0 Å². The average molecular weight is 291 g/mol. The van der Waals surface area contributed by atoms with Crippen molar-refractivity contribution in [2.75, 3.05) is 13.2 Å². The standard InChI is InChI=1S/C16H21NO4/c1-4-13(16(19)17-21-6-3)15(20-5-2)14(18)12-10-8-7-9-11-12/h7-11H,4-6H2,1-3H3,(H,17,19). The fraction of sp³-hybridized carbons (Fsp3) is 0.375. The van der Waals surface area contributed by atoms with E-state index in [2.05, 4.69) is 5.48 Å². The fourth-order valence-electron chi connectivity index (χ4n) is 1.78. The third kappa shape index (κ3) is 4.72. The number of Topliss-reactive ketones (excluding diaryl/α,β-unsaturated/α-hetero) is 1. The van der Waals surface area contributed by atoms with Crippen LogP contribution in [-0.2, 0) is 14.4 Å². The van der Waals surface area contributed by atoms with Crippen LogP contribution in [0, 0.1) is 0 Å². The van der Waals surface area contributed by atoms with Gasteiger partial charge in [-0.3, -0.25) is 14.4 Å². The van der Waals surface area contributed by atoms with Crippen molar-refractivity contribution < 1.29 is 19.2 Å². The molecule has 1 aromatic rings. The van der Waals surface area contributed by atoms with Gasteiger partial charge in [-0.25, -0.2) is 5.48 Å². The third-order valence-corrected chi connectivity index (χ3v) is 2.74. The number of carbonyl (C=O) groups is 2. The Morgan fingerprint density at radius 1 is 1.05 bits per heavy atom. The number of benzene rings is 1. The molecule has 0 saturated carbocycles. The van der Waals surface area contributed by atoms with E-state index in [9.17, 15) is 9.59 Å². The van der Waals surface area contributed by atoms with Crippen molar-refractivity contribution >= 4 is 11.7 Å². The van der Waals surface area contributed by atoms with Gasteiger partial charge < -0.3 is 4.74 Å². The zero-order valence-corrected chi connectivity index (χ0v) is 12.6. The number of amides is 1. The second-order valence-electron chi connectivity index (χ2n) is 4.15. The second-order valence-corrected chi connectivity index (χ2v) is 4.15. The van der Waals surface area contributed by atoms with E-state index in [4.69, 9.17) is 9.57 Å². The summed E-state index contributed by atoms with van der Waals surface area (Å²) in [5.74, 6) is -0.684. The second kappa shape index (κ2) is 8.92. The zero-order chi connectivity index (χ0) is 15.7. The molecule has 0 aliphatic carbocycles. The van der Waals surface area contributed by atoms with E-state index in [0.29, 0.717) is 25.2 Å². The molecule has 5 nitrogen and oxygen atoms in total. The van der Waals surface area contributed by atoms with Crippen molar-refractivity contribution in [3.63, 3.8) is 0 Å². The highest BCUT2D eigenvalue weighted by molar-refractivity contribution is 6.12. The molecule has 0 aliphatic rings. The van der Waals surface area contributed by atoms with Crippen molar-refractivity contribution in [1.82, 2.24) is 5.48 Å². The SMILES string of the molecule is CCONC(=O)C(CC)=C(OCC)C(=O)c1ccccc1. The molecule has 0 aromatic heterocycles. The van der Waals surface area contributed by atoms with Crippen LogP contribution in [0.15, 0.2) is 41.7 Å². The van der Waals surface area contributed by atoms with Gasteiger partial charge >= 0.3 is 0 Å². The molecule has 1 N–H and O–H groups in total. The lowest BCUT2D eigenvalue weighted by atomic mass is 10.0. The summed E-state index contributed by atoms with van der Waals surface area (Å²) >= 11 is 0. The van der Waals surface area contributed by atoms with E-state index in [1.54, 1.807) is 45.0 Å². The van der Waals surface area contributed by atoms with E-state index < -0.39 is 5.91 Å². The topological polar surface area (TPSA) is 64.6 Å². The first-order valence-corrected chi connectivity index (χ1v) is 7.03. The number of hydrogen-bond donors (Lipinski definition) is 1.